The van der Waals surface area contributed by atoms with Gasteiger partial charge in [0, 0.05) is 11.8 Å². The zero-order valence-electron chi connectivity index (χ0n) is 9.38. The molecule has 0 saturated carbocycles. The van der Waals surface area contributed by atoms with Crippen LogP contribution in [-0.2, 0) is 5.75 Å². The Hall–Kier alpha value is -1.52. The van der Waals surface area contributed by atoms with E-state index < -0.39 is 4.92 Å². The van der Waals surface area contributed by atoms with Gasteiger partial charge in [0.05, 0.1) is 9.95 Å². The molecule has 0 N–H and O–H groups in total. The van der Waals surface area contributed by atoms with Gasteiger partial charge in [0.15, 0.2) is 0 Å². The van der Waals surface area contributed by atoms with Gasteiger partial charge < -0.3 is 0 Å². The molecule has 3 nitrogen and oxygen atoms in total. The molecule has 0 aromatic heterocycles. The Bertz CT molecular complexity index is 560. The molecule has 0 saturated heterocycles. The molecule has 0 radical (unpaired) electrons. The van der Waals surface area contributed by atoms with Crippen molar-refractivity contribution in [2.45, 2.75) is 10.6 Å². The molecule has 2 aromatic carbocycles. The van der Waals surface area contributed by atoms with Gasteiger partial charge in [-0.1, -0.05) is 48.0 Å². The SMILES string of the molecule is O=[N+]([O-])c1cccc(Cl)c1SCc1ccccc1. The molecular formula is C13H10ClNO2S. The minimum atomic E-state index is -0.404. The molecule has 0 unspecified atom stereocenters. The largest absolute Gasteiger partial charge is 0.284 e. The topological polar surface area (TPSA) is 43.1 Å². The first-order valence-corrected chi connectivity index (χ1v) is 6.64. The molecule has 0 aliphatic carbocycles. The first-order chi connectivity index (χ1) is 8.68. The van der Waals surface area contributed by atoms with E-state index in [1.165, 1.54) is 17.8 Å². The van der Waals surface area contributed by atoms with Gasteiger partial charge in [0.1, 0.15) is 4.90 Å². The van der Waals surface area contributed by atoms with E-state index >= 15 is 0 Å². The van der Waals surface area contributed by atoms with E-state index in [9.17, 15) is 10.1 Å². The maximum atomic E-state index is 10.9. The molecule has 0 aliphatic heterocycles. The van der Waals surface area contributed by atoms with Crippen molar-refractivity contribution in [3.8, 4) is 0 Å². The summed E-state index contributed by atoms with van der Waals surface area (Å²) in [6.07, 6.45) is 0. The quantitative estimate of drug-likeness (QED) is 0.469. The standard InChI is InChI=1S/C13H10ClNO2S/c14-11-7-4-8-12(15(16)17)13(11)18-9-10-5-2-1-3-6-10/h1-8H,9H2. The van der Waals surface area contributed by atoms with E-state index in [1.54, 1.807) is 12.1 Å². The van der Waals surface area contributed by atoms with Crippen LogP contribution in [0, 0.1) is 10.1 Å². The minimum absolute atomic E-state index is 0.0587. The van der Waals surface area contributed by atoms with Gasteiger partial charge in [-0.3, -0.25) is 10.1 Å². The van der Waals surface area contributed by atoms with Crippen LogP contribution >= 0.6 is 23.4 Å². The summed E-state index contributed by atoms with van der Waals surface area (Å²) in [4.78, 5) is 11.0. The van der Waals surface area contributed by atoms with Gasteiger partial charge in [-0.25, -0.2) is 0 Å². The third-order valence-corrected chi connectivity index (χ3v) is 3.99. The van der Waals surface area contributed by atoms with Crippen molar-refractivity contribution in [3.05, 3.63) is 69.2 Å². The second-order valence-corrected chi connectivity index (χ2v) is 5.01. The van der Waals surface area contributed by atoms with E-state index in [4.69, 9.17) is 11.6 Å². The maximum absolute atomic E-state index is 10.9. The lowest BCUT2D eigenvalue weighted by atomic mass is 10.2. The Morgan fingerprint density at radius 2 is 1.83 bits per heavy atom. The average molecular weight is 280 g/mol. The second kappa shape index (κ2) is 5.89. The molecule has 0 bridgehead atoms. The number of rotatable bonds is 4. The zero-order valence-corrected chi connectivity index (χ0v) is 10.9. The molecule has 18 heavy (non-hydrogen) atoms. The molecule has 0 aliphatic rings. The maximum Gasteiger partial charge on any atom is 0.284 e. The fourth-order valence-corrected chi connectivity index (χ4v) is 2.85. The predicted molar refractivity (Wildman–Crippen MR) is 74.1 cm³/mol. The van der Waals surface area contributed by atoms with E-state index in [2.05, 4.69) is 0 Å². The number of nitro benzene ring substituents is 1. The van der Waals surface area contributed by atoms with Crippen molar-refractivity contribution < 1.29 is 4.92 Å². The van der Waals surface area contributed by atoms with Crippen LogP contribution in [0.3, 0.4) is 0 Å². The molecule has 2 aromatic rings. The number of nitro groups is 1. The Balaban J connectivity index is 2.21. The Labute approximate surface area is 114 Å². The Morgan fingerprint density at radius 3 is 2.50 bits per heavy atom. The summed E-state index contributed by atoms with van der Waals surface area (Å²) < 4.78 is 0. The predicted octanol–water partition coefficient (Wildman–Crippen LogP) is 4.54. The first kappa shape index (κ1) is 12.9. The number of nitrogens with zero attached hydrogens (tertiary/aromatic N) is 1. The second-order valence-electron chi connectivity index (χ2n) is 3.62. The highest BCUT2D eigenvalue weighted by molar-refractivity contribution is 7.98. The number of halogens is 1. The van der Waals surface area contributed by atoms with Gasteiger partial charge in [-0.05, 0) is 11.6 Å². The summed E-state index contributed by atoms with van der Waals surface area (Å²) in [5, 5.41) is 11.3. The summed E-state index contributed by atoms with van der Waals surface area (Å²) in [7, 11) is 0. The molecule has 92 valence electrons. The van der Waals surface area contributed by atoms with E-state index in [-0.39, 0.29) is 5.69 Å². The van der Waals surface area contributed by atoms with Gasteiger partial charge in [0.2, 0.25) is 0 Å². The molecule has 0 fully saturated rings. The van der Waals surface area contributed by atoms with Crippen LogP contribution in [0.15, 0.2) is 53.4 Å². The van der Waals surface area contributed by atoms with Crippen molar-refractivity contribution in [3.63, 3.8) is 0 Å². The fraction of sp³-hybridized carbons (Fsp3) is 0.0769. The fourth-order valence-electron chi connectivity index (χ4n) is 1.51. The average Bonchev–Trinajstić information content (AvgIpc) is 2.38. The lowest BCUT2D eigenvalue weighted by Gasteiger charge is -2.05. The van der Waals surface area contributed by atoms with Crippen LogP contribution in [-0.4, -0.2) is 4.92 Å². The molecular weight excluding hydrogens is 270 g/mol. The highest BCUT2D eigenvalue weighted by atomic mass is 35.5. The number of hydrogen-bond donors (Lipinski definition) is 0. The third kappa shape index (κ3) is 3.03. The summed E-state index contributed by atoms with van der Waals surface area (Å²) in [5.74, 6) is 0.658. The van der Waals surface area contributed by atoms with Crippen LogP contribution in [0.4, 0.5) is 5.69 Å². The lowest BCUT2D eigenvalue weighted by Crippen LogP contribution is -1.91. The number of hydrogen-bond acceptors (Lipinski definition) is 3. The summed E-state index contributed by atoms with van der Waals surface area (Å²) in [6, 6.07) is 14.5. The normalized spacial score (nSPS) is 10.3. The number of thioether (sulfide) groups is 1. The molecule has 0 atom stereocenters. The smallest absolute Gasteiger partial charge is 0.258 e. The van der Waals surface area contributed by atoms with Crippen LogP contribution in [0.1, 0.15) is 5.56 Å². The van der Waals surface area contributed by atoms with Crippen LogP contribution in [0.5, 0.6) is 0 Å². The summed E-state index contributed by atoms with van der Waals surface area (Å²) in [5.41, 5.74) is 1.17. The lowest BCUT2D eigenvalue weighted by molar-refractivity contribution is -0.387. The van der Waals surface area contributed by atoms with E-state index in [0.29, 0.717) is 15.7 Å². The van der Waals surface area contributed by atoms with E-state index in [1.807, 2.05) is 30.3 Å². The number of benzene rings is 2. The molecule has 0 heterocycles. The van der Waals surface area contributed by atoms with Gasteiger partial charge in [0.25, 0.3) is 5.69 Å². The highest BCUT2D eigenvalue weighted by Gasteiger charge is 2.16. The highest BCUT2D eigenvalue weighted by Crippen LogP contribution is 2.37. The van der Waals surface area contributed by atoms with Crippen molar-refractivity contribution >= 4 is 29.1 Å². The van der Waals surface area contributed by atoms with Crippen molar-refractivity contribution in [2.24, 2.45) is 0 Å². The van der Waals surface area contributed by atoms with Crippen molar-refractivity contribution in [1.82, 2.24) is 0 Å². The Kier molecular flexibility index (Phi) is 4.23. The van der Waals surface area contributed by atoms with Crippen molar-refractivity contribution in [2.75, 3.05) is 0 Å². The monoisotopic (exact) mass is 279 g/mol. The van der Waals surface area contributed by atoms with E-state index in [0.717, 1.165) is 5.56 Å². The van der Waals surface area contributed by atoms with Gasteiger partial charge in [-0.15, -0.1) is 11.8 Å². The van der Waals surface area contributed by atoms with Crippen molar-refractivity contribution in [1.29, 1.82) is 0 Å². The van der Waals surface area contributed by atoms with Crippen LogP contribution < -0.4 is 0 Å². The summed E-state index contributed by atoms with van der Waals surface area (Å²) in [6.45, 7) is 0. The first-order valence-electron chi connectivity index (χ1n) is 5.28. The molecule has 0 amide bonds. The van der Waals surface area contributed by atoms with Gasteiger partial charge >= 0.3 is 0 Å². The Morgan fingerprint density at radius 1 is 1.11 bits per heavy atom. The molecule has 0 spiro atoms. The third-order valence-electron chi connectivity index (χ3n) is 2.37. The molecule has 5 heteroatoms. The zero-order chi connectivity index (χ0) is 13.0. The summed E-state index contributed by atoms with van der Waals surface area (Å²) >= 11 is 7.40. The van der Waals surface area contributed by atoms with Crippen LogP contribution in [0.25, 0.3) is 0 Å². The van der Waals surface area contributed by atoms with Gasteiger partial charge in [-0.2, -0.15) is 0 Å². The molecule has 2 rings (SSSR count). The van der Waals surface area contributed by atoms with Crippen LogP contribution in [0.2, 0.25) is 5.02 Å². The minimum Gasteiger partial charge on any atom is -0.258 e.